The number of hydrogen-bond donors (Lipinski definition) is 2. The lowest BCUT2D eigenvalue weighted by atomic mass is 10.1. The Hall–Kier alpha value is -2.08. The van der Waals surface area contributed by atoms with Gasteiger partial charge in [-0.15, -0.1) is 0 Å². The number of amides is 1. The summed E-state index contributed by atoms with van der Waals surface area (Å²) in [5, 5.41) is 6.04. The Labute approximate surface area is 169 Å². The molecule has 1 aromatic carbocycles. The molecule has 158 valence electrons. The second-order valence-electron chi connectivity index (χ2n) is 8.37. The van der Waals surface area contributed by atoms with E-state index in [1.807, 2.05) is 51.1 Å². The van der Waals surface area contributed by atoms with Gasteiger partial charge >= 0.3 is 12.1 Å². The number of nitrogens with one attached hydrogen (secondary N) is 2. The Morgan fingerprint density at radius 2 is 1.75 bits per heavy atom. The molecule has 0 bridgehead atoms. The van der Waals surface area contributed by atoms with Crippen LogP contribution < -0.4 is 10.6 Å². The van der Waals surface area contributed by atoms with Crippen molar-refractivity contribution in [1.29, 1.82) is 0 Å². The van der Waals surface area contributed by atoms with Gasteiger partial charge < -0.3 is 20.1 Å². The van der Waals surface area contributed by atoms with Crippen LogP contribution >= 0.6 is 0 Å². The molecule has 0 radical (unpaired) electrons. The molecule has 0 saturated heterocycles. The fraction of sp³-hybridized carbons (Fsp3) is 0.636. The van der Waals surface area contributed by atoms with Crippen LogP contribution in [0.15, 0.2) is 30.3 Å². The van der Waals surface area contributed by atoms with Crippen LogP contribution in [0.5, 0.6) is 0 Å². The largest absolute Gasteiger partial charge is 0.459 e. The summed E-state index contributed by atoms with van der Waals surface area (Å²) in [6.07, 6.45) is 1.81. The van der Waals surface area contributed by atoms with Crippen molar-refractivity contribution < 1.29 is 19.1 Å². The molecule has 0 unspecified atom stereocenters. The highest BCUT2D eigenvalue weighted by atomic mass is 16.6. The third-order valence-corrected chi connectivity index (χ3v) is 3.87. The maximum atomic E-state index is 12.4. The zero-order valence-corrected chi connectivity index (χ0v) is 17.9. The SMILES string of the molecule is CC(C)CN[C@@H](CCCCNC(=O)OCc1ccccc1)C(=O)OC(C)(C)C. The molecule has 6 nitrogen and oxygen atoms in total. The maximum absolute atomic E-state index is 12.4. The number of unbranched alkanes of at least 4 members (excludes halogenated alkanes) is 1. The highest BCUT2D eigenvalue weighted by Gasteiger charge is 2.24. The standard InChI is InChI=1S/C22H36N2O4/c1-17(2)15-24-19(20(25)28-22(3,4)5)13-9-10-14-23-21(26)27-16-18-11-7-6-8-12-18/h6-8,11-12,17,19,24H,9-10,13-16H2,1-5H3,(H,23,26)/t19-/m0/s1. The molecule has 0 heterocycles. The van der Waals surface area contributed by atoms with Gasteiger partial charge in [0.05, 0.1) is 0 Å². The second kappa shape index (κ2) is 12.4. The Morgan fingerprint density at radius 1 is 1.07 bits per heavy atom. The summed E-state index contributed by atoms with van der Waals surface area (Å²) in [5.74, 6) is 0.231. The summed E-state index contributed by atoms with van der Waals surface area (Å²) in [4.78, 5) is 24.1. The number of rotatable bonds is 11. The number of esters is 1. The molecule has 0 fully saturated rings. The van der Waals surface area contributed by atoms with Crippen molar-refractivity contribution in [2.75, 3.05) is 13.1 Å². The Morgan fingerprint density at radius 3 is 2.36 bits per heavy atom. The molecular formula is C22H36N2O4. The lowest BCUT2D eigenvalue weighted by Crippen LogP contribution is -2.42. The average Bonchev–Trinajstić information content (AvgIpc) is 2.61. The molecule has 6 heteroatoms. The van der Waals surface area contributed by atoms with E-state index in [0.717, 1.165) is 24.9 Å². The number of carbonyl (C=O) groups is 2. The molecule has 1 aromatic rings. The van der Waals surface area contributed by atoms with Crippen LogP contribution in [0.2, 0.25) is 0 Å². The number of ether oxygens (including phenoxy) is 2. The van der Waals surface area contributed by atoms with Crippen molar-refractivity contribution >= 4 is 12.1 Å². The zero-order valence-electron chi connectivity index (χ0n) is 17.9. The van der Waals surface area contributed by atoms with Gasteiger partial charge in [-0.05, 0) is 58.1 Å². The third kappa shape index (κ3) is 11.6. The van der Waals surface area contributed by atoms with E-state index in [0.29, 0.717) is 18.9 Å². The van der Waals surface area contributed by atoms with Crippen molar-refractivity contribution in [2.24, 2.45) is 5.92 Å². The van der Waals surface area contributed by atoms with Crippen LogP contribution in [0.25, 0.3) is 0 Å². The molecule has 1 atom stereocenters. The molecule has 0 aliphatic carbocycles. The molecular weight excluding hydrogens is 356 g/mol. The lowest BCUT2D eigenvalue weighted by molar-refractivity contribution is -0.157. The normalized spacial score (nSPS) is 12.5. The van der Waals surface area contributed by atoms with Crippen molar-refractivity contribution in [3.63, 3.8) is 0 Å². The highest BCUT2D eigenvalue weighted by Crippen LogP contribution is 2.12. The predicted octanol–water partition coefficient (Wildman–Crippen LogP) is 4.04. The Balaban J connectivity index is 2.28. The molecule has 0 saturated carbocycles. The van der Waals surface area contributed by atoms with E-state index in [9.17, 15) is 9.59 Å². The van der Waals surface area contributed by atoms with E-state index in [-0.39, 0.29) is 18.6 Å². The van der Waals surface area contributed by atoms with Crippen LogP contribution in [0.3, 0.4) is 0 Å². The molecule has 0 spiro atoms. The molecule has 0 aromatic heterocycles. The molecule has 0 aliphatic rings. The van der Waals surface area contributed by atoms with Gasteiger partial charge in [0.1, 0.15) is 18.2 Å². The van der Waals surface area contributed by atoms with E-state index < -0.39 is 11.7 Å². The van der Waals surface area contributed by atoms with Gasteiger partial charge in [0.25, 0.3) is 0 Å². The quantitative estimate of drug-likeness (QED) is 0.439. The van der Waals surface area contributed by atoms with Gasteiger partial charge in [-0.3, -0.25) is 4.79 Å². The van der Waals surface area contributed by atoms with E-state index in [2.05, 4.69) is 24.5 Å². The van der Waals surface area contributed by atoms with Gasteiger partial charge in [-0.25, -0.2) is 4.79 Å². The lowest BCUT2D eigenvalue weighted by Gasteiger charge is -2.25. The fourth-order valence-corrected chi connectivity index (χ4v) is 2.49. The monoisotopic (exact) mass is 392 g/mol. The first kappa shape index (κ1) is 24.0. The van der Waals surface area contributed by atoms with Gasteiger partial charge in [0.2, 0.25) is 0 Å². The first-order valence-electron chi connectivity index (χ1n) is 10.1. The van der Waals surface area contributed by atoms with Crippen molar-refractivity contribution in [1.82, 2.24) is 10.6 Å². The first-order chi connectivity index (χ1) is 13.2. The minimum atomic E-state index is -0.501. The molecule has 2 N–H and O–H groups in total. The van der Waals surface area contributed by atoms with Gasteiger partial charge in [0, 0.05) is 6.54 Å². The van der Waals surface area contributed by atoms with Gasteiger partial charge in [0.15, 0.2) is 0 Å². The second-order valence-corrected chi connectivity index (χ2v) is 8.37. The smallest absolute Gasteiger partial charge is 0.407 e. The summed E-state index contributed by atoms with van der Waals surface area (Å²) in [6.45, 7) is 11.3. The predicted molar refractivity (Wildman–Crippen MR) is 111 cm³/mol. The summed E-state index contributed by atoms with van der Waals surface area (Å²) in [7, 11) is 0. The van der Waals surface area contributed by atoms with Crippen molar-refractivity contribution in [2.45, 2.75) is 72.1 Å². The van der Waals surface area contributed by atoms with Gasteiger partial charge in [-0.1, -0.05) is 44.2 Å². The molecule has 1 rings (SSSR count). The summed E-state index contributed by atoms with van der Waals surface area (Å²) < 4.78 is 10.7. The number of alkyl carbamates (subject to hydrolysis) is 1. The number of carbonyl (C=O) groups excluding carboxylic acids is 2. The van der Waals surface area contributed by atoms with Gasteiger partial charge in [-0.2, -0.15) is 0 Å². The summed E-state index contributed by atoms with van der Waals surface area (Å²) in [5.41, 5.74) is 0.452. The minimum absolute atomic E-state index is 0.219. The average molecular weight is 393 g/mol. The van der Waals surface area contributed by atoms with E-state index in [1.54, 1.807) is 0 Å². The van der Waals surface area contributed by atoms with E-state index >= 15 is 0 Å². The van der Waals surface area contributed by atoms with E-state index in [4.69, 9.17) is 9.47 Å². The van der Waals surface area contributed by atoms with Crippen LogP contribution in [0.1, 0.15) is 59.4 Å². The van der Waals surface area contributed by atoms with Crippen LogP contribution in [0.4, 0.5) is 4.79 Å². The topological polar surface area (TPSA) is 76.7 Å². The van der Waals surface area contributed by atoms with Crippen LogP contribution in [-0.2, 0) is 20.9 Å². The number of benzene rings is 1. The molecule has 0 aliphatic heterocycles. The maximum Gasteiger partial charge on any atom is 0.407 e. The Bertz CT molecular complexity index is 582. The summed E-state index contributed by atoms with van der Waals surface area (Å²) >= 11 is 0. The minimum Gasteiger partial charge on any atom is -0.459 e. The van der Waals surface area contributed by atoms with Crippen molar-refractivity contribution in [3.8, 4) is 0 Å². The zero-order chi connectivity index (χ0) is 21.0. The summed E-state index contributed by atoms with van der Waals surface area (Å²) in [6, 6.07) is 9.23. The van der Waals surface area contributed by atoms with Crippen LogP contribution in [0, 0.1) is 5.92 Å². The highest BCUT2D eigenvalue weighted by molar-refractivity contribution is 5.76. The number of hydrogen-bond acceptors (Lipinski definition) is 5. The molecule has 1 amide bonds. The van der Waals surface area contributed by atoms with E-state index in [1.165, 1.54) is 0 Å². The van der Waals surface area contributed by atoms with Crippen molar-refractivity contribution in [3.05, 3.63) is 35.9 Å². The third-order valence-electron chi connectivity index (χ3n) is 3.87. The first-order valence-corrected chi connectivity index (χ1v) is 10.1. The Kier molecular flexibility index (Phi) is 10.6. The van der Waals surface area contributed by atoms with Crippen LogP contribution in [-0.4, -0.2) is 36.8 Å². The molecule has 28 heavy (non-hydrogen) atoms. The fourth-order valence-electron chi connectivity index (χ4n) is 2.49.